The van der Waals surface area contributed by atoms with Crippen molar-refractivity contribution in [2.75, 3.05) is 0 Å². The van der Waals surface area contributed by atoms with Gasteiger partial charge >= 0.3 is 0 Å². The topological polar surface area (TPSA) is 34.1 Å². The molecule has 1 rings (SSSR count). The minimum absolute atomic E-state index is 0.0891. The van der Waals surface area contributed by atoms with Gasteiger partial charge in [0.1, 0.15) is 0 Å². The molecule has 0 N–H and O–H groups in total. The fourth-order valence-corrected chi connectivity index (χ4v) is 3.07. The molecule has 4 heteroatoms. The molecule has 0 atom stereocenters. The summed E-state index contributed by atoms with van der Waals surface area (Å²) < 4.78 is 22.4. The Labute approximate surface area is 102 Å². The summed E-state index contributed by atoms with van der Waals surface area (Å²) in [6.45, 7) is 9.99. The molecule has 0 fully saturated rings. The van der Waals surface area contributed by atoms with Crippen LogP contribution in [0.4, 0.5) is 0 Å². The summed E-state index contributed by atoms with van der Waals surface area (Å²) in [5.41, 5.74) is 6.44. The van der Waals surface area contributed by atoms with Crippen molar-refractivity contribution in [3.05, 3.63) is 33.4 Å². The van der Waals surface area contributed by atoms with E-state index in [1.165, 1.54) is 5.56 Å². The Kier molecular flexibility index (Phi) is 3.70. The lowest BCUT2D eigenvalue weighted by atomic mass is 9.90. The van der Waals surface area contributed by atoms with E-state index < -0.39 is 9.05 Å². The van der Waals surface area contributed by atoms with Gasteiger partial charge in [0, 0.05) is 10.7 Å². The monoisotopic (exact) mass is 260 g/mol. The Hall–Kier alpha value is -0.540. The van der Waals surface area contributed by atoms with Crippen molar-refractivity contribution in [3.8, 4) is 0 Å². The van der Waals surface area contributed by atoms with Crippen molar-refractivity contribution in [2.24, 2.45) is 0 Å². The van der Waals surface area contributed by atoms with E-state index in [1.54, 1.807) is 0 Å². The smallest absolute Gasteiger partial charge is 0.212 e. The van der Waals surface area contributed by atoms with Gasteiger partial charge in [-0.25, -0.2) is 8.42 Å². The van der Waals surface area contributed by atoms with Gasteiger partial charge in [-0.2, -0.15) is 0 Å². The number of halogens is 1. The van der Waals surface area contributed by atoms with Crippen LogP contribution in [0.25, 0.3) is 0 Å². The first-order valence-corrected chi connectivity index (χ1v) is 7.61. The molecule has 0 saturated carbocycles. The Bertz CT molecular complexity index is 501. The van der Waals surface area contributed by atoms with E-state index in [0.29, 0.717) is 0 Å². The Morgan fingerprint density at radius 2 is 1.12 bits per heavy atom. The van der Waals surface area contributed by atoms with Gasteiger partial charge in [0.05, 0.1) is 5.75 Å². The molecule has 16 heavy (non-hydrogen) atoms. The zero-order valence-electron chi connectivity index (χ0n) is 10.3. The minimum atomic E-state index is -3.50. The average Bonchev–Trinajstić information content (AvgIpc) is 2.17. The zero-order valence-corrected chi connectivity index (χ0v) is 11.9. The molecule has 0 saturated heterocycles. The molecule has 1 aromatic rings. The highest BCUT2D eigenvalue weighted by Crippen LogP contribution is 2.27. The average molecular weight is 261 g/mol. The molecule has 0 amide bonds. The van der Waals surface area contributed by atoms with E-state index in [2.05, 4.69) is 6.92 Å². The Morgan fingerprint density at radius 1 is 0.812 bits per heavy atom. The molecular formula is C12H17ClO2S. The lowest BCUT2D eigenvalue weighted by Crippen LogP contribution is -2.06. The van der Waals surface area contributed by atoms with Crippen LogP contribution in [-0.2, 0) is 14.8 Å². The van der Waals surface area contributed by atoms with Crippen molar-refractivity contribution in [1.82, 2.24) is 0 Å². The van der Waals surface area contributed by atoms with Gasteiger partial charge in [-0.3, -0.25) is 0 Å². The maximum Gasteiger partial charge on any atom is 0.236 e. The predicted molar refractivity (Wildman–Crippen MR) is 68.6 cm³/mol. The molecule has 0 aliphatic rings. The molecule has 0 spiro atoms. The number of hydrogen-bond acceptors (Lipinski definition) is 2. The summed E-state index contributed by atoms with van der Waals surface area (Å²) in [6, 6.07) is 0. The van der Waals surface area contributed by atoms with Gasteiger partial charge in [-0.15, -0.1) is 0 Å². The molecule has 0 aromatic heterocycles. The van der Waals surface area contributed by atoms with Crippen LogP contribution in [-0.4, -0.2) is 8.42 Å². The van der Waals surface area contributed by atoms with E-state index in [1.807, 2.05) is 27.7 Å². The molecular weight excluding hydrogens is 244 g/mol. The quantitative estimate of drug-likeness (QED) is 0.765. The minimum Gasteiger partial charge on any atom is -0.212 e. The van der Waals surface area contributed by atoms with Gasteiger partial charge in [0.25, 0.3) is 0 Å². The Balaban J connectivity index is 3.52. The van der Waals surface area contributed by atoms with Gasteiger partial charge in [0.15, 0.2) is 0 Å². The molecule has 90 valence electrons. The summed E-state index contributed by atoms with van der Waals surface area (Å²) in [6.07, 6.45) is 0. The SMILES string of the molecule is Cc1c(C)c(C)c(CS(=O)(=O)Cl)c(C)c1C. The van der Waals surface area contributed by atoms with Crippen molar-refractivity contribution in [1.29, 1.82) is 0 Å². The fraction of sp³-hybridized carbons (Fsp3) is 0.500. The second-order valence-corrected chi connectivity index (χ2v) is 7.06. The van der Waals surface area contributed by atoms with E-state index >= 15 is 0 Å². The molecule has 0 unspecified atom stereocenters. The van der Waals surface area contributed by atoms with Crippen LogP contribution in [0.1, 0.15) is 33.4 Å². The first kappa shape index (κ1) is 13.5. The molecule has 0 aliphatic heterocycles. The molecule has 0 radical (unpaired) electrons. The van der Waals surface area contributed by atoms with Gasteiger partial charge in [-0.1, -0.05) is 0 Å². The standard InChI is InChI=1S/C12H17ClO2S/c1-7-8(2)10(4)12(6-16(13,14)15)11(5)9(7)3/h6H2,1-5H3. The summed E-state index contributed by atoms with van der Waals surface area (Å²) in [5.74, 6) is -0.0891. The van der Waals surface area contributed by atoms with Crippen molar-refractivity contribution >= 4 is 19.7 Å². The highest BCUT2D eigenvalue weighted by Gasteiger charge is 2.16. The summed E-state index contributed by atoms with van der Waals surface area (Å²) >= 11 is 0. The molecule has 2 nitrogen and oxygen atoms in total. The van der Waals surface area contributed by atoms with Crippen LogP contribution in [0, 0.1) is 34.6 Å². The third-order valence-corrected chi connectivity index (χ3v) is 4.43. The van der Waals surface area contributed by atoms with Crippen molar-refractivity contribution in [2.45, 2.75) is 40.4 Å². The number of rotatable bonds is 2. The van der Waals surface area contributed by atoms with Crippen LogP contribution < -0.4 is 0 Å². The van der Waals surface area contributed by atoms with Crippen LogP contribution >= 0.6 is 10.7 Å². The van der Waals surface area contributed by atoms with Crippen LogP contribution in [0.5, 0.6) is 0 Å². The maximum absolute atomic E-state index is 11.2. The first-order valence-electron chi connectivity index (χ1n) is 5.13. The molecule has 0 aliphatic carbocycles. The highest BCUT2D eigenvalue weighted by atomic mass is 35.7. The third-order valence-electron chi connectivity index (χ3n) is 3.47. The van der Waals surface area contributed by atoms with Crippen molar-refractivity contribution in [3.63, 3.8) is 0 Å². The van der Waals surface area contributed by atoms with Gasteiger partial charge < -0.3 is 0 Å². The number of hydrogen-bond donors (Lipinski definition) is 0. The summed E-state index contributed by atoms with van der Waals surface area (Å²) in [4.78, 5) is 0. The van der Waals surface area contributed by atoms with Crippen molar-refractivity contribution < 1.29 is 8.42 Å². The third kappa shape index (κ3) is 2.58. The molecule has 0 heterocycles. The van der Waals surface area contributed by atoms with Gasteiger partial charge in [-0.05, 0) is 68.0 Å². The van der Waals surface area contributed by atoms with E-state index in [9.17, 15) is 8.42 Å². The van der Waals surface area contributed by atoms with E-state index in [4.69, 9.17) is 10.7 Å². The normalized spacial score (nSPS) is 11.9. The number of benzene rings is 1. The van der Waals surface area contributed by atoms with E-state index in [0.717, 1.165) is 27.8 Å². The second-order valence-electron chi connectivity index (χ2n) is 4.29. The second kappa shape index (κ2) is 4.38. The molecule has 1 aromatic carbocycles. The summed E-state index contributed by atoms with van der Waals surface area (Å²) in [7, 11) is 1.83. The summed E-state index contributed by atoms with van der Waals surface area (Å²) in [5, 5.41) is 0. The fourth-order valence-electron chi connectivity index (χ4n) is 1.97. The van der Waals surface area contributed by atoms with E-state index in [-0.39, 0.29) is 5.75 Å². The van der Waals surface area contributed by atoms with Crippen LogP contribution in [0.15, 0.2) is 0 Å². The van der Waals surface area contributed by atoms with Crippen LogP contribution in [0.2, 0.25) is 0 Å². The maximum atomic E-state index is 11.2. The van der Waals surface area contributed by atoms with Crippen LogP contribution in [0.3, 0.4) is 0 Å². The predicted octanol–water partition coefficient (Wildman–Crippen LogP) is 3.30. The lowest BCUT2D eigenvalue weighted by molar-refractivity contribution is 0.608. The first-order chi connectivity index (χ1) is 7.15. The molecule has 0 bridgehead atoms. The largest absolute Gasteiger partial charge is 0.236 e. The Morgan fingerprint density at radius 3 is 1.44 bits per heavy atom. The van der Waals surface area contributed by atoms with Gasteiger partial charge in [0.2, 0.25) is 9.05 Å². The highest BCUT2D eigenvalue weighted by molar-refractivity contribution is 8.13. The zero-order chi connectivity index (χ0) is 12.7. The lowest BCUT2D eigenvalue weighted by Gasteiger charge is -2.17.